The second-order valence-electron chi connectivity index (χ2n) is 11.5. The largest absolute Gasteiger partial charge is 0.394 e. The molecule has 3 fully saturated rings. The standard InChI is InChI=1S/C25H43NO18/c1-7-12(26-9-2-8(3-27)13(31)16(34)14(9)32)15(33)18(36)23(41-7)44-21-11(4-28)42-24(19(37)17(21)35)43-20-10(30)5-40-25(39,6-29)22(20)38/h2,7,9-24,26-39H,3-6H2,1H3/t7?,9-,10+,11?,12+,13+,14?,15+,16+,17-,18?,19?,20-,21+,22?,23+,24+,25-/m0/s1. The number of hydrogen-bond acceptors (Lipinski definition) is 19. The van der Waals surface area contributed by atoms with Gasteiger partial charge < -0.3 is 95.4 Å². The van der Waals surface area contributed by atoms with Crippen LogP contribution in [-0.2, 0) is 23.7 Å². The van der Waals surface area contributed by atoms with E-state index in [9.17, 15) is 66.4 Å². The highest BCUT2D eigenvalue weighted by atomic mass is 16.7. The van der Waals surface area contributed by atoms with Gasteiger partial charge in [0, 0.05) is 0 Å². The van der Waals surface area contributed by atoms with E-state index in [4.69, 9.17) is 23.7 Å². The fourth-order valence-corrected chi connectivity index (χ4v) is 5.76. The Morgan fingerprint density at radius 2 is 1.43 bits per heavy atom. The molecule has 3 heterocycles. The topological polar surface area (TPSA) is 321 Å². The van der Waals surface area contributed by atoms with E-state index in [2.05, 4.69) is 5.32 Å². The summed E-state index contributed by atoms with van der Waals surface area (Å²) in [4.78, 5) is 0. The lowest BCUT2D eigenvalue weighted by molar-refractivity contribution is -0.384. The van der Waals surface area contributed by atoms with Crippen molar-refractivity contribution >= 4 is 0 Å². The summed E-state index contributed by atoms with van der Waals surface area (Å²) >= 11 is 0. The molecule has 14 N–H and O–H groups in total. The van der Waals surface area contributed by atoms with Crippen molar-refractivity contribution in [2.24, 2.45) is 0 Å². The minimum Gasteiger partial charge on any atom is -0.394 e. The molecule has 1 aliphatic carbocycles. The maximum Gasteiger partial charge on any atom is 0.218 e. The summed E-state index contributed by atoms with van der Waals surface area (Å²) in [7, 11) is 0. The zero-order valence-corrected chi connectivity index (χ0v) is 23.6. The molecule has 0 bridgehead atoms. The van der Waals surface area contributed by atoms with Crippen LogP contribution in [0.25, 0.3) is 0 Å². The average Bonchev–Trinajstić information content (AvgIpc) is 3.01. The van der Waals surface area contributed by atoms with E-state index in [-0.39, 0.29) is 5.57 Å². The third-order valence-electron chi connectivity index (χ3n) is 8.52. The highest BCUT2D eigenvalue weighted by molar-refractivity contribution is 5.22. The van der Waals surface area contributed by atoms with Crippen LogP contribution in [-0.4, -0.2) is 203 Å². The van der Waals surface area contributed by atoms with Gasteiger partial charge in [0.25, 0.3) is 0 Å². The van der Waals surface area contributed by atoms with Crippen LogP contribution in [0, 0.1) is 0 Å². The zero-order chi connectivity index (χ0) is 32.7. The monoisotopic (exact) mass is 645 g/mol. The van der Waals surface area contributed by atoms with Crippen LogP contribution in [0.2, 0.25) is 0 Å². The fourth-order valence-electron chi connectivity index (χ4n) is 5.76. The molecule has 4 aliphatic rings. The number of nitrogens with one attached hydrogen (secondary N) is 1. The van der Waals surface area contributed by atoms with Crippen LogP contribution >= 0.6 is 0 Å². The maximum atomic E-state index is 10.9. The van der Waals surface area contributed by atoms with Crippen LogP contribution in [0.1, 0.15) is 6.92 Å². The molecule has 4 rings (SSSR count). The van der Waals surface area contributed by atoms with Crippen LogP contribution < -0.4 is 5.32 Å². The summed E-state index contributed by atoms with van der Waals surface area (Å²) in [5, 5.41) is 136. The van der Waals surface area contributed by atoms with Crippen molar-refractivity contribution in [1.82, 2.24) is 5.32 Å². The maximum absolute atomic E-state index is 10.9. The van der Waals surface area contributed by atoms with Gasteiger partial charge in [0.2, 0.25) is 5.79 Å². The van der Waals surface area contributed by atoms with Crippen molar-refractivity contribution in [1.29, 1.82) is 0 Å². The summed E-state index contributed by atoms with van der Waals surface area (Å²) in [6.07, 6.45) is -23.5. The van der Waals surface area contributed by atoms with E-state index in [1.54, 1.807) is 0 Å². The van der Waals surface area contributed by atoms with E-state index in [1.165, 1.54) is 13.0 Å². The molecule has 0 spiro atoms. The van der Waals surface area contributed by atoms with Gasteiger partial charge in [-0.25, -0.2) is 0 Å². The van der Waals surface area contributed by atoms with Crippen molar-refractivity contribution in [3.8, 4) is 0 Å². The third-order valence-corrected chi connectivity index (χ3v) is 8.52. The average molecular weight is 646 g/mol. The van der Waals surface area contributed by atoms with E-state index >= 15 is 0 Å². The molecule has 0 radical (unpaired) electrons. The highest BCUT2D eigenvalue weighted by Crippen LogP contribution is 2.33. The predicted octanol–water partition coefficient (Wildman–Crippen LogP) is -8.56. The van der Waals surface area contributed by atoms with Crippen molar-refractivity contribution in [3.05, 3.63) is 11.6 Å². The summed E-state index contributed by atoms with van der Waals surface area (Å²) < 4.78 is 27.2. The van der Waals surface area contributed by atoms with Gasteiger partial charge in [-0.3, -0.25) is 0 Å². The van der Waals surface area contributed by atoms with Crippen molar-refractivity contribution in [3.63, 3.8) is 0 Å². The van der Waals surface area contributed by atoms with Gasteiger partial charge in [0.1, 0.15) is 73.2 Å². The number of ether oxygens (including phenoxy) is 5. The van der Waals surface area contributed by atoms with Gasteiger partial charge in [-0.15, -0.1) is 0 Å². The molecule has 3 saturated heterocycles. The van der Waals surface area contributed by atoms with E-state index in [1.807, 2.05) is 0 Å². The first kappa shape index (κ1) is 35.8. The minimum atomic E-state index is -2.50. The quantitative estimate of drug-likeness (QED) is 0.103. The summed E-state index contributed by atoms with van der Waals surface area (Å²) in [5.41, 5.74) is 0.0213. The Hall–Kier alpha value is -1.02. The van der Waals surface area contributed by atoms with Crippen molar-refractivity contribution in [2.45, 2.75) is 117 Å². The number of rotatable bonds is 9. The van der Waals surface area contributed by atoms with Gasteiger partial charge in [0.15, 0.2) is 12.6 Å². The second-order valence-corrected chi connectivity index (χ2v) is 11.5. The van der Waals surface area contributed by atoms with Crippen LogP contribution in [0.15, 0.2) is 11.6 Å². The predicted molar refractivity (Wildman–Crippen MR) is 138 cm³/mol. The van der Waals surface area contributed by atoms with E-state index in [0.717, 1.165) is 0 Å². The highest BCUT2D eigenvalue weighted by Gasteiger charge is 2.55. The SMILES string of the molecule is CC1O[C@H](O[C@@H]2C(CO)O[C@H](O[C@@H]3C(O)[C@](O)(CO)OC[C@H]3O)C(O)[C@@H]2O)C(O)[C@H](O)[C@@H]1N[C@H]1C=C(CO)[C@@H](O)[C@@H](O)C1O. The molecule has 19 heteroatoms. The number of aliphatic hydroxyl groups excluding tert-OH is 12. The Kier molecular flexibility index (Phi) is 11.7. The summed E-state index contributed by atoms with van der Waals surface area (Å²) in [6.45, 7) is -1.63. The number of hydrogen-bond donors (Lipinski definition) is 14. The lowest BCUT2D eigenvalue weighted by Gasteiger charge is -2.49. The Morgan fingerprint density at radius 3 is 2.05 bits per heavy atom. The fraction of sp³-hybridized carbons (Fsp3) is 0.920. The van der Waals surface area contributed by atoms with Gasteiger partial charge in [-0.1, -0.05) is 6.08 Å². The molecule has 18 atom stereocenters. The molecule has 6 unspecified atom stereocenters. The molecule has 19 nitrogen and oxygen atoms in total. The van der Waals surface area contributed by atoms with Crippen LogP contribution in [0.4, 0.5) is 0 Å². The lowest BCUT2D eigenvalue weighted by atomic mass is 9.86. The molecular formula is C25H43NO18. The molecule has 0 aromatic rings. The van der Waals surface area contributed by atoms with Crippen LogP contribution in [0.3, 0.4) is 0 Å². The van der Waals surface area contributed by atoms with Crippen molar-refractivity contribution in [2.75, 3.05) is 26.4 Å². The Bertz CT molecular complexity index is 975. The molecular weight excluding hydrogens is 602 g/mol. The van der Waals surface area contributed by atoms with E-state index in [0.29, 0.717) is 0 Å². The molecule has 0 aromatic carbocycles. The van der Waals surface area contributed by atoms with Gasteiger partial charge in [-0.2, -0.15) is 0 Å². The lowest BCUT2D eigenvalue weighted by Crippen LogP contribution is -2.69. The Balaban J connectivity index is 1.42. The first-order valence-electron chi connectivity index (χ1n) is 14.1. The zero-order valence-electron chi connectivity index (χ0n) is 23.6. The Morgan fingerprint density at radius 1 is 0.818 bits per heavy atom. The minimum absolute atomic E-state index is 0.0213. The Labute approximate surface area is 250 Å². The summed E-state index contributed by atoms with van der Waals surface area (Å²) in [6, 6.07) is -2.17. The second kappa shape index (κ2) is 14.4. The summed E-state index contributed by atoms with van der Waals surface area (Å²) in [5.74, 6) is -2.50. The smallest absolute Gasteiger partial charge is 0.218 e. The van der Waals surface area contributed by atoms with Gasteiger partial charge in [0.05, 0.1) is 44.6 Å². The van der Waals surface area contributed by atoms with Crippen LogP contribution in [0.5, 0.6) is 0 Å². The van der Waals surface area contributed by atoms with E-state index < -0.39 is 136 Å². The molecule has 0 aromatic heterocycles. The molecule has 44 heavy (non-hydrogen) atoms. The molecule has 0 amide bonds. The molecule has 256 valence electrons. The number of aliphatic hydroxyl groups is 13. The molecule has 3 aliphatic heterocycles. The normalized spacial score (nSPS) is 52.0. The first-order chi connectivity index (χ1) is 20.7. The third kappa shape index (κ3) is 6.82. The first-order valence-corrected chi connectivity index (χ1v) is 14.1. The van der Waals surface area contributed by atoms with Gasteiger partial charge >= 0.3 is 0 Å². The molecule has 0 saturated carbocycles. The van der Waals surface area contributed by atoms with Gasteiger partial charge in [-0.05, 0) is 12.5 Å². The van der Waals surface area contributed by atoms with Crippen molar-refractivity contribution < 1.29 is 90.1 Å².